The Morgan fingerprint density at radius 3 is 2.44 bits per heavy atom. The minimum absolute atomic E-state index is 0.150. The molecule has 0 aliphatic carbocycles. The van der Waals surface area contributed by atoms with Crippen molar-refractivity contribution in [3.63, 3.8) is 0 Å². The van der Waals surface area contributed by atoms with Gasteiger partial charge in [-0.15, -0.1) is 0 Å². The fraction of sp³-hybridized carbons (Fsp3) is 0.400. The molecule has 0 radical (unpaired) electrons. The monoisotopic (exact) mass is 244 g/mol. The predicted octanol–water partition coefficient (Wildman–Crippen LogP) is 0.404. The zero-order valence-electron chi connectivity index (χ0n) is 9.60. The molecule has 2 N–H and O–H groups in total. The van der Waals surface area contributed by atoms with E-state index >= 15 is 0 Å². The zero-order valence-corrected chi connectivity index (χ0v) is 10.4. The number of methoxy groups -OCH3 is 1. The van der Waals surface area contributed by atoms with E-state index in [-0.39, 0.29) is 4.90 Å². The largest absolute Gasteiger partial charge is 0.495 e. The number of hydrogen-bond donors (Lipinski definition) is 1. The third-order valence-corrected chi connectivity index (χ3v) is 4.08. The topological polar surface area (TPSA) is 72.6 Å². The molecule has 16 heavy (non-hydrogen) atoms. The van der Waals surface area contributed by atoms with Crippen LogP contribution in [-0.4, -0.2) is 33.9 Å². The lowest BCUT2D eigenvalue weighted by atomic mass is 10.2. The van der Waals surface area contributed by atoms with E-state index in [2.05, 4.69) is 0 Å². The average Bonchev–Trinajstić information content (AvgIpc) is 2.27. The summed E-state index contributed by atoms with van der Waals surface area (Å²) in [5.74, 6) is 0.316. The van der Waals surface area contributed by atoms with Crippen LogP contribution in [0.4, 0.5) is 0 Å². The van der Waals surface area contributed by atoms with Gasteiger partial charge in [0.1, 0.15) is 10.6 Å². The summed E-state index contributed by atoms with van der Waals surface area (Å²) in [6, 6.07) is 4.83. The summed E-state index contributed by atoms with van der Waals surface area (Å²) in [5, 5.41) is 0. The molecule has 5 nitrogen and oxygen atoms in total. The molecule has 0 aliphatic heterocycles. The van der Waals surface area contributed by atoms with Crippen LogP contribution in [0.5, 0.6) is 5.75 Å². The van der Waals surface area contributed by atoms with E-state index in [0.29, 0.717) is 12.3 Å². The molecule has 0 heterocycles. The minimum Gasteiger partial charge on any atom is -0.495 e. The van der Waals surface area contributed by atoms with Crippen molar-refractivity contribution >= 4 is 10.0 Å². The Morgan fingerprint density at radius 2 is 2.00 bits per heavy atom. The molecule has 0 aromatic heterocycles. The molecule has 1 aromatic rings. The molecule has 0 bridgehead atoms. The van der Waals surface area contributed by atoms with Crippen LogP contribution in [0.25, 0.3) is 0 Å². The molecule has 1 aromatic carbocycles. The Bertz CT molecular complexity index is 469. The maximum absolute atomic E-state index is 11.9. The summed E-state index contributed by atoms with van der Waals surface area (Å²) >= 11 is 0. The first-order valence-electron chi connectivity index (χ1n) is 4.73. The first-order chi connectivity index (χ1) is 7.43. The lowest BCUT2D eigenvalue weighted by Gasteiger charge is -2.15. The maximum atomic E-state index is 11.9. The number of nitrogens with zero attached hydrogens (tertiary/aromatic N) is 1. The number of ether oxygens (including phenoxy) is 1. The molecule has 0 amide bonds. The second kappa shape index (κ2) is 4.82. The molecular weight excluding hydrogens is 228 g/mol. The fourth-order valence-electron chi connectivity index (χ4n) is 1.25. The standard InChI is InChI=1S/C10H16N2O3S/c1-12(2)16(13,14)10-5-4-8(7-11)6-9(10)15-3/h4-6H,7,11H2,1-3H3. The Hall–Kier alpha value is -1.11. The average molecular weight is 244 g/mol. The van der Waals surface area contributed by atoms with Gasteiger partial charge in [-0.1, -0.05) is 6.07 Å². The second-order valence-corrected chi connectivity index (χ2v) is 5.60. The van der Waals surface area contributed by atoms with Crippen LogP contribution in [-0.2, 0) is 16.6 Å². The number of hydrogen-bond acceptors (Lipinski definition) is 4. The van der Waals surface area contributed by atoms with E-state index in [1.165, 1.54) is 27.3 Å². The first kappa shape index (κ1) is 13.0. The minimum atomic E-state index is -3.48. The molecule has 1 rings (SSSR count). The first-order valence-corrected chi connectivity index (χ1v) is 6.17. The van der Waals surface area contributed by atoms with Crippen molar-refractivity contribution in [1.82, 2.24) is 4.31 Å². The van der Waals surface area contributed by atoms with E-state index in [0.717, 1.165) is 9.87 Å². The van der Waals surface area contributed by atoms with Gasteiger partial charge in [0.2, 0.25) is 10.0 Å². The summed E-state index contributed by atoms with van der Waals surface area (Å²) in [4.78, 5) is 0.150. The van der Waals surface area contributed by atoms with Gasteiger partial charge in [-0.2, -0.15) is 0 Å². The van der Waals surface area contributed by atoms with E-state index in [1.807, 2.05) is 0 Å². The number of nitrogens with two attached hydrogens (primary N) is 1. The normalized spacial score (nSPS) is 11.8. The van der Waals surface area contributed by atoms with E-state index in [9.17, 15) is 8.42 Å². The van der Waals surface area contributed by atoms with Gasteiger partial charge in [-0.05, 0) is 17.7 Å². The van der Waals surface area contributed by atoms with Gasteiger partial charge in [0.15, 0.2) is 0 Å². The summed E-state index contributed by atoms with van der Waals surface area (Å²) in [7, 11) is 0.913. The molecule has 0 saturated carbocycles. The summed E-state index contributed by atoms with van der Waals surface area (Å²) in [6.45, 7) is 0.346. The van der Waals surface area contributed by atoms with Crippen LogP contribution in [0.1, 0.15) is 5.56 Å². The van der Waals surface area contributed by atoms with E-state index in [4.69, 9.17) is 10.5 Å². The van der Waals surface area contributed by atoms with Gasteiger partial charge in [0, 0.05) is 20.6 Å². The Balaban J connectivity index is 3.35. The van der Waals surface area contributed by atoms with Crippen molar-refractivity contribution in [2.75, 3.05) is 21.2 Å². The molecular formula is C10H16N2O3S. The summed E-state index contributed by atoms with van der Waals surface area (Å²) in [5.41, 5.74) is 6.31. The molecule has 90 valence electrons. The molecule has 0 fully saturated rings. The molecule has 0 aliphatic rings. The van der Waals surface area contributed by atoms with Crippen molar-refractivity contribution in [2.24, 2.45) is 5.73 Å². The van der Waals surface area contributed by atoms with E-state index in [1.54, 1.807) is 12.1 Å². The second-order valence-electron chi connectivity index (χ2n) is 3.48. The molecule has 0 unspecified atom stereocenters. The highest BCUT2D eigenvalue weighted by molar-refractivity contribution is 7.89. The highest BCUT2D eigenvalue weighted by atomic mass is 32.2. The van der Waals surface area contributed by atoms with Gasteiger partial charge in [-0.25, -0.2) is 12.7 Å². The van der Waals surface area contributed by atoms with Crippen LogP contribution >= 0.6 is 0 Å². The van der Waals surface area contributed by atoms with Crippen molar-refractivity contribution in [1.29, 1.82) is 0 Å². The quantitative estimate of drug-likeness (QED) is 0.832. The Labute approximate surface area is 95.9 Å². The van der Waals surface area contributed by atoms with Gasteiger partial charge in [-0.3, -0.25) is 0 Å². The van der Waals surface area contributed by atoms with Crippen LogP contribution in [0.2, 0.25) is 0 Å². The number of sulfonamides is 1. The highest BCUT2D eigenvalue weighted by Gasteiger charge is 2.21. The van der Waals surface area contributed by atoms with Crippen molar-refractivity contribution in [3.8, 4) is 5.75 Å². The number of rotatable bonds is 4. The molecule has 0 spiro atoms. The van der Waals surface area contributed by atoms with Crippen LogP contribution in [0, 0.1) is 0 Å². The fourth-order valence-corrected chi connectivity index (χ4v) is 2.28. The summed E-state index contributed by atoms with van der Waals surface area (Å²) in [6.07, 6.45) is 0. The third-order valence-electron chi connectivity index (χ3n) is 2.22. The smallest absolute Gasteiger partial charge is 0.246 e. The van der Waals surface area contributed by atoms with E-state index < -0.39 is 10.0 Å². The molecule has 0 atom stereocenters. The zero-order chi connectivity index (χ0) is 12.3. The Kier molecular flexibility index (Phi) is 3.90. The van der Waals surface area contributed by atoms with Crippen molar-refractivity contribution in [3.05, 3.63) is 23.8 Å². The SMILES string of the molecule is COc1cc(CN)ccc1S(=O)(=O)N(C)C. The van der Waals surface area contributed by atoms with Crippen LogP contribution in [0.15, 0.2) is 23.1 Å². The van der Waals surface area contributed by atoms with Crippen molar-refractivity contribution < 1.29 is 13.2 Å². The Morgan fingerprint density at radius 1 is 1.38 bits per heavy atom. The van der Waals surface area contributed by atoms with Crippen LogP contribution in [0.3, 0.4) is 0 Å². The lowest BCUT2D eigenvalue weighted by molar-refractivity contribution is 0.399. The summed E-state index contributed by atoms with van der Waals surface area (Å²) < 4.78 is 30.1. The van der Waals surface area contributed by atoms with Gasteiger partial charge >= 0.3 is 0 Å². The number of benzene rings is 1. The third kappa shape index (κ3) is 2.34. The lowest BCUT2D eigenvalue weighted by Crippen LogP contribution is -2.22. The molecule has 0 saturated heterocycles. The van der Waals surface area contributed by atoms with Gasteiger partial charge < -0.3 is 10.5 Å². The van der Waals surface area contributed by atoms with Crippen LogP contribution < -0.4 is 10.5 Å². The maximum Gasteiger partial charge on any atom is 0.246 e. The highest BCUT2D eigenvalue weighted by Crippen LogP contribution is 2.26. The van der Waals surface area contributed by atoms with Gasteiger partial charge in [0.25, 0.3) is 0 Å². The van der Waals surface area contributed by atoms with Crippen molar-refractivity contribution in [2.45, 2.75) is 11.4 Å². The van der Waals surface area contributed by atoms with Gasteiger partial charge in [0.05, 0.1) is 7.11 Å². The predicted molar refractivity (Wildman–Crippen MR) is 61.8 cm³/mol. The molecule has 6 heteroatoms.